The molecule has 0 saturated heterocycles. The summed E-state index contributed by atoms with van der Waals surface area (Å²) in [6, 6.07) is 8.05. The summed E-state index contributed by atoms with van der Waals surface area (Å²) in [6.45, 7) is 0.698. The lowest BCUT2D eigenvalue weighted by molar-refractivity contribution is 0.283. The van der Waals surface area contributed by atoms with E-state index in [1.807, 2.05) is 42.1 Å². The first-order valence-electron chi connectivity index (χ1n) is 5.80. The Morgan fingerprint density at radius 1 is 1.28 bits per heavy atom. The van der Waals surface area contributed by atoms with Gasteiger partial charge < -0.3 is 14.2 Å². The molecule has 5 nitrogen and oxygen atoms in total. The van der Waals surface area contributed by atoms with Crippen molar-refractivity contribution in [1.82, 2.24) is 19.3 Å². The number of aliphatic hydroxyl groups excluding tert-OH is 1. The topological polar surface area (TPSA) is 55.9 Å². The zero-order valence-electron chi connectivity index (χ0n) is 10.1. The van der Waals surface area contributed by atoms with Gasteiger partial charge in [0.15, 0.2) is 5.82 Å². The molecule has 1 aromatic carbocycles. The molecule has 0 spiro atoms. The van der Waals surface area contributed by atoms with Crippen LogP contribution in [0.25, 0.3) is 10.9 Å². The van der Waals surface area contributed by atoms with Gasteiger partial charge in [0.05, 0.1) is 13.2 Å². The Morgan fingerprint density at radius 3 is 2.83 bits per heavy atom. The third-order valence-corrected chi connectivity index (χ3v) is 3.16. The minimum Gasteiger partial charge on any atom is -0.392 e. The van der Waals surface area contributed by atoms with E-state index in [2.05, 4.69) is 14.8 Å². The summed E-state index contributed by atoms with van der Waals surface area (Å²) in [6.07, 6.45) is 3.66. The van der Waals surface area contributed by atoms with Gasteiger partial charge in [-0.2, -0.15) is 0 Å². The number of aromatic nitrogens is 4. The molecule has 1 N–H and O–H groups in total. The van der Waals surface area contributed by atoms with Crippen molar-refractivity contribution in [3.8, 4) is 0 Å². The quantitative estimate of drug-likeness (QED) is 0.753. The Balaban J connectivity index is 2.09. The van der Waals surface area contributed by atoms with E-state index in [1.165, 1.54) is 0 Å². The Labute approximate surface area is 104 Å². The highest BCUT2D eigenvalue weighted by molar-refractivity contribution is 5.83. The second-order valence-corrected chi connectivity index (χ2v) is 4.32. The van der Waals surface area contributed by atoms with E-state index in [0.29, 0.717) is 6.54 Å². The molecule has 0 fully saturated rings. The predicted molar refractivity (Wildman–Crippen MR) is 68.0 cm³/mol. The molecule has 5 heteroatoms. The molecule has 0 aliphatic carbocycles. The lowest BCUT2D eigenvalue weighted by Gasteiger charge is -2.04. The number of hydrogen-bond donors (Lipinski definition) is 1. The highest BCUT2D eigenvalue weighted by atomic mass is 16.3. The molecule has 0 aliphatic rings. The van der Waals surface area contributed by atoms with Crippen molar-refractivity contribution in [2.45, 2.75) is 13.2 Å². The molecule has 92 valence electrons. The Hall–Kier alpha value is -2.14. The zero-order valence-corrected chi connectivity index (χ0v) is 10.1. The van der Waals surface area contributed by atoms with Crippen molar-refractivity contribution in [2.24, 2.45) is 7.05 Å². The fraction of sp³-hybridized carbons (Fsp3) is 0.231. The van der Waals surface area contributed by atoms with Gasteiger partial charge in [0.1, 0.15) is 6.33 Å². The van der Waals surface area contributed by atoms with E-state index in [9.17, 15) is 5.11 Å². The summed E-state index contributed by atoms with van der Waals surface area (Å²) in [5.41, 5.74) is 2.04. The molecule has 0 bridgehead atoms. The molecule has 0 aliphatic heterocycles. The number of aliphatic hydroxyl groups is 1. The Morgan fingerprint density at radius 2 is 2.11 bits per heavy atom. The van der Waals surface area contributed by atoms with Gasteiger partial charge in [-0.05, 0) is 6.07 Å². The number of fused-ring (bicyclic) bond motifs is 1. The van der Waals surface area contributed by atoms with Crippen LogP contribution in [0.5, 0.6) is 0 Å². The number of para-hydroxylation sites is 1. The molecule has 3 rings (SSSR count). The standard InChI is InChI=1S/C13H14N4O/c1-16-9-14-15-13(16)7-17-6-10(8-18)11-4-2-3-5-12(11)17/h2-6,9,18H,7-8H2,1H3. The van der Waals surface area contributed by atoms with Crippen molar-refractivity contribution >= 4 is 10.9 Å². The van der Waals surface area contributed by atoms with Crippen molar-refractivity contribution in [3.05, 3.63) is 48.2 Å². The highest BCUT2D eigenvalue weighted by Crippen LogP contribution is 2.21. The maximum atomic E-state index is 9.38. The smallest absolute Gasteiger partial charge is 0.152 e. The zero-order chi connectivity index (χ0) is 12.5. The van der Waals surface area contributed by atoms with E-state index in [4.69, 9.17) is 0 Å². The number of hydrogen-bond acceptors (Lipinski definition) is 3. The third-order valence-electron chi connectivity index (χ3n) is 3.16. The number of aryl methyl sites for hydroxylation is 1. The van der Waals surface area contributed by atoms with Crippen LogP contribution in [0, 0.1) is 0 Å². The molecular weight excluding hydrogens is 228 g/mol. The van der Waals surface area contributed by atoms with Gasteiger partial charge in [-0.15, -0.1) is 10.2 Å². The monoisotopic (exact) mass is 242 g/mol. The van der Waals surface area contributed by atoms with Gasteiger partial charge in [0.25, 0.3) is 0 Å². The van der Waals surface area contributed by atoms with Crippen LogP contribution in [0.15, 0.2) is 36.8 Å². The molecule has 18 heavy (non-hydrogen) atoms. The SMILES string of the molecule is Cn1cnnc1Cn1cc(CO)c2ccccc21. The minimum atomic E-state index is 0.0479. The van der Waals surface area contributed by atoms with Crippen LogP contribution in [0.4, 0.5) is 0 Å². The van der Waals surface area contributed by atoms with E-state index in [1.54, 1.807) is 6.33 Å². The summed E-state index contributed by atoms with van der Waals surface area (Å²) < 4.78 is 3.98. The van der Waals surface area contributed by atoms with Gasteiger partial charge in [-0.25, -0.2) is 0 Å². The fourth-order valence-corrected chi connectivity index (χ4v) is 2.18. The van der Waals surface area contributed by atoms with Crippen LogP contribution < -0.4 is 0 Å². The first kappa shape index (κ1) is 11.0. The maximum Gasteiger partial charge on any atom is 0.152 e. The van der Waals surface area contributed by atoms with Crippen molar-refractivity contribution in [3.63, 3.8) is 0 Å². The fourth-order valence-electron chi connectivity index (χ4n) is 2.18. The summed E-state index contributed by atoms with van der Waals surface area (Å²) in [5, 5.41) is 18.4. The highest BCUT2D eigenvalue weighted by Gasteiger charge is 2.09. The van der Waals surface area contributed by atoms with Crippen LogP contribution in [-0.4, -0.2) is 24.4 Å². The van der Waals surface area contributed by atoms with Crippen LogP contribution in [0.2, 0.25) is 0 Å². The second-order valence-electron chi connectivity index (χ2n) is 4.32. The molecule has 2 heterocycles. The van der Waals surface area contributed by atoms with Gasteiger partial charge in [0.2, 0.25) is 0 Å². The van der Waals surface area contributed by atoms with Gasteiger partial charge in [0, 0.05) is 29.7 Å². The van der Waals surface area contributed by atoms with Gasteiger partial charge in [-0.3, -0.25) is 0 Å². The molecule has 0 atom stereocenters. The summed E-state index contributed by atoms with van der Waals surface area (Å²) >= 11 is 0. The molecule has 0 unspecified atom stereocenters. The Bertz CT molecular complexity index is 683. The number of benzene rings is 1. The minimum absolute atomic E-state index is 0.0479. The molecule has 0 radical (unpaired) electrons. The number of nitrogens with zero attached hydrogens (tertiary/aromatic N) is 4. The van der Waals surface area contributed by atoms with Crippen LogP contribution in [-0.2, 0) is 20.2 Å². The summed E-state index contributed by atoms with van der Waals surface area (Å²) in [7, 11) is 1.92. The second kappa shape index (κ2) is 4.27. The molecule has 3 aromatic rings. The molecule has 2 aromatic heterocycles. The first-order valence-corrected chi connectivity index (χ1v) is 5.80. The molecule has 0 amide bonds. The van der Waals surface area contributed by atoms with Crippen molar-refractivity contribution in [2.75, 3.05) is 0 Å². The Kier molecular flexibility index (Phi) is 2.60. The normalized spacial score (nSPS) is 11.2. The lowest BCUT2D eigenvalue weighted by Crippen LogP contribution is -2.04. The molecule has 0 saturated carbocycles. The molecular formula is C13H14N4O. The van der Waals surface area contributed by atoms with Gasteiger partial charge >= 0.3 is 0 Å². The van der Waals surface area contributed by atoms with Crippen LogP contribution in [0.1, 0.15) is 11.4 Å². The average Bonchev–Trinajstić information content (AvgIpc) is 2.95. The third kappa shape index (κ3) is 1.69. The average molecular weight is 242 g/mol. The number of rotatable bonds is 3. The predicted octanol–water partition coefficient (Wildman–Crippen LogP) is 1.31. The van der Waals surface area contributed by atoms with E-state index in [0.717, 1.165) is 22.3 Å². The van der Waals surface area contributed by atoms with E-state index < -0.39 is 0 Å². The maximum absolute atomic E-state index is 9.38. The van der Waals surface area contributed by atoms with Crippen molar-refractivity contribution < 1.29 is 5.11 Å². The summed E-state index contributed by atoms with van der Waals surface area (Å²) in [5.74, 6) is 0.889. The van der Waals surface area contributed by atoms with Crippen LogP contribution >= 0.6 is 0 Å². The van der Waals surface area contributed by atoms with E-state index in [-0.39, 0.29) is 6.61 Å². The lowest BCUT2D eigenvalue weighted by atomic mass is 10.2. The van der Waals surface area contributed by atoms with Gasteiger partial charge in [-0.1, -0.05) is 18.2 Å². The largest absolute Gasteiger partial charge is 0.392 e. The van der Waals surface area contributed by atoms with E-state index >= 15 is 0 Å². The first-order chi connectivity index (χ1) is 8.79. The summed E-state index contributed by atoms with van der Waals surface area (Å²) in [4.78, 5) is 0. The van der Waals surface area contributed by atoms with Crippen LogP contribution in [0.3, 0.4) is 0 Å². The van der Waals surface area contributed by atoms with Crippen molar-refractivity contribution in [1.29, 1.82) is 0 Å².